The van der Waals surface area contributed by atoms with E-state index in [0.717, 1.165) is 44.0 Å². The number of aryl methyl sites for hydroxylation is 1. The van der Waals surface area contributed by atoms with Crippen LogP contribution in [0.3, 0.4) is 0 Å². The van der Waals surface area contributed by atoms with Crippen molar-refractivity contribution in [3.05, 3.63) is 53.5 Å². The van der Waals surface area contributed by atoms with E-state index in [1.165, 1.54) is 17.7 Å². The molecule has 35 heavy (non-hydrogen) atoms. The summed E-state index contributed by atoms with van der Waals surface area (Å²) in [6, 6.07) is 4.57. The van der Waals surface area contributed by atoms with Gasteiger partial charge in [0.1, 0.15) is 11.4 Å². The number of ether oxygens (including phenoxy) is 1. The second-order valence-electron chi connectivity index (χ2n) is 10.7. The molecular weight excluding hydrogens is 442 g/mol. The van der Waals surface area contributed by atoms with Crippen molar-refractivity contribution < 1.29 is 9.53 Å². The molecule has 2 aromatic heterocycles. The molecule has 0 bridgehead atoms. The maximum absolute atomic E-state index is 12.4. The number of pyridine rings is 1. The van der Waals surface area contributed by atoms with Crippen molar-refractivity contribution in [1.82, 2.24) is 34.6 Å². The van der Waals surface area contributed by atoms with Crippen molar-refractivity contribution in [2.24, 2.45) is 0 Å². The fraction of sp³-hybridized carbons (Fsp3) is 0.577. The molecule has 0 saturated carbocycles. The zero-order chi connectivity index (χ0) is 24.6. The number of nitrogens with one attached hydrogen (secondary N) is 1. The van der Waals surface area contributed by atoms with Gasteiger partial charge in [-0.3, -0.25) is 19.4 Å². The van der Waals surface area contributed by atoms with E-state index in [-0.39, 0.29) is 12.4 Å². The van der Waals surface area contributed by atoms with Crippen molar-refractivity contribution in [2.75, 3.05) is 33.2 Å². The zero-order valence-corrected chi connectivity index (χ0v) is 21.3. The fourth-order valence-corrected chi connectivity index (χ4v) is 5.28. The molecule has 0 radical (unpaired) electrons. The molecule has 2 aromatic rings. The van der Waals surface area contributed by atoms with Gasteiger partial charge >= 0.3 is 6.09 Å². The van der Waals surface area contributed by atoms with Gasteiger partial charge in [0.05, 0.1) is 17.4 Å². The van der Waals surface area contributed by atoms with Crippen LogP contribution in [-0.2, 0) is 17.7 Å². The fourth-order valence-electron chi connectivity index (χ4n) is 5.28. The van der Waals surface area contributed by atoms with Crippen LogP contribution in [0.2, 0.25) is 0 Å². The van der Waals surface area contributed by atoms with Crippen molar-refractivity contribution in [2.45, 2.75) is 64.5 Å². The topological polar surface area (TPSA) is 78.8 Å². The molecule has 1 N–H and O–H groups in total. The molecule has 188 valence electrons. The summed E-state index contributed by atoms with van der Waals surface area (Å²) in [7, 11) is 2.17. The third-order valence-corrected chi connectivity index (χ3v) is 6.97. The summed E-state index contributed by atoms with van der Waals surface area (Å²) >= 11 is 0. The van der Waals surface area contributed by atoms with Crippen molar-refractivity contribution in [3.8, 4) is 0 Å². The van der Waals surface area contributed by atoms with Crippen LogP contribution in [-0.4, -0.2) is 74.2 Å². The van der Waals surface area contributed by atoms with Crippen LogP contribution in [0.5, 0.6) is 0 Å². The van der Waals surface area contributed by atoms with Crippen LogP contribution in [0.4, 0.5) is 4.79 Å². The lowest BCUT2D eigenvalue weighted by Gasteiger charge is -2.40. The summed E-state index contributed by atoms with van der Waals surface area (Å²) in [6.45, 7) is 9.29. The van der Waals surface area contributed by atoms with Gasteiger partial charge in [-0.2, -0.15) is 0 Å². The van der Waals surface area contributed by atoms with Crippen molar-refractivity contribution >= 4 is 12.2 Å². The van der Waals surface area contributed by atoms with E-state index in [0.29, 0.717) is 19.1 Å². The number of carbonyl (C=O) groups excluding carboxylic acids is 1. The van der Waals surface area contributed by atoms with Crippen LogP contribution in [0.25, 0.3) is 6.08 Å². The highest BCUT2D eigenvalue weighted by Crippen LogP contribution is 2.33. The average molecular weight is 480 g/mol. The molecule has 1 unspecified atom stereocenters. The van der Waals surface area contributed by atoms with Gasteiger partial charge in [-0.15, -0.1) is 0 Å². The predicted molar refractivity (Wildman–Crippen MR) is 134 cm³/mol. The average Bonchev–Trinajstić information content (AvgIpc) is 3.25. The first-order valence-corrected chi connectivity index (χ1v) is 12.6. The molecule has 1 amide bonds. The lowest BCUT2D eigenvalue weighted by molar-refractivity contribution is 0.00236. The van der Waals surface area contributed by atoms with E-state index >= 15 is 0 Å². The Kier molecular flexibility index (Phi) is 6.55. The second kappa shape index (κ2) is 9.62. The number of amides is 1. The number of carbonyl (C=O) groups is 1. The van der Waals surface area contributed by atoms with Gasteiger partial charge in [-0.25, -0.2) is 9.78 Å². The van der Waals surface area contributed by atoms with E-state index in [9.17, 15) is 4.79 Å². The van der Waals surface area contributed by atoms with E-state index in [1.54, 1.807) is 4.90 Å². The van der Waals surface area contributed by atoms with Crippen LogP contribution in [0, 0.1) is 0 Å². The van der Waals surface area contributed by atoms with E-state index in [1.807, 2.05) is 45.3 Å². The Labute approximate surface area is 207 Å². The van der Waals surface area contributed by atoms with Gasteiger partial charge in [-0.1, -0.05) is 6.07 Å². The maximum atomic E-state index is 12.4. The Hall–Kier alpha value is -2.91. The molecule has 5 rings (SSSR count). The molecule has 9 heteroatoms. The van der Waals surface area contributed by atoms with Gasteiger partial charge in [-0.05, 0) is 64.8 Å². The standard InChI is InChI=1S/C26H37N7O2/c1-26(2,3)35-25(34)32-15-13-31(14-16-32)24-28-12-10-22-29-20(18-33(22)24)17-30(4)21-9-5-7-19-8-6-11-27-23(19)21/h6,8,10-12,18,21,24,28H,5,7,9,13-17H2,1-4H3/t21-,24?/m0/s1. The summed E-state index contributed by atoms with van der Waals surface area (Å²) in [4.78, 5) is 28.6. The predicted octanol–water partition coefficient (Wildman–Crippen LogP) is 3.37. The van der Waals surface area contributed by atoms with Gasteiger partial charge in [0.2, 0.25) is 0 Å². The highest BCUT2D eigenvalue weighted by molar-refractivity contribution is 5.68. The molecule has 2 aliphatic heterocycles. The zero-order valence-electron chi connectivity index (χ0n) is 21.3. The molecule has 1 aliphatic carbocycles. The SMILES string of the molecule is CN(Cc1cn2c(n1)C=CNC2N1CCN(C(=O)OC(C)(C)C)CC1)[C@H]1CCCc2cccnc21. The number of fused-ring (bicyclic) bond motifs is 2. The van der Waals surface area contributed by atoms with Crippen LogP contribution in [0.1, 0.15) is 68.7 Å². The van der Waals surface area contributed by atoms with Gasteiger partial charge in [0.15, 0.2) is 6.29 Å². The number of hydrogen-bond donors (Lipinski definition) is 1. The molecule has 9 nitrogen and oxygen atoms in total. The third-order valence-electron chi connectivity index (χ3n) is 6.97. The van der Waals surface area contributed by atoms with Crippen LogP contribution < -0.4 is 5.32 Å². The molecule has 0 aromatic carbocycles. The maximum Gasteiger partial charge on any atom is 0.410 e. The third kappa shape index (κ3) is 5.21. The molecule has 3 aliphatic rings. The molecule has 4 heterocycles. The first kappa shape index (κ1) is 23.8. The lowest BCUT2D eigenvalue weighted by atomic mass is 9.91. The normalized spacial score (nSPS) is 22.5. The summed E-state index contributed by atoms with van der Waals surface area (Å²) < 4.78 is 7.75. The van der Waals surface area contributed by atoms with Crippen LogP contribution >= 0.6 is 0 Å². The second-order valence-corrected chi connectivity index (χ2v) is 10.7. The summed E-state index contributed by atoms with van der Waals surface area (Å²) in [5.41, 5.74) is 3.16. The Morgan fingerprint density at radius 2 is 2.06 bits per heavy atom. The minimum Gasteiger partial charge on any atom is -0.444 e. The number of piperazine rings is 1. The smallest absolute Gasteiger partial charge is 0.410 e. The molecule has 2 atom stereocenters. The van der Waals surface area contributed by atoms with Crippen LogP contribution in [0.15, 0.2) is 30.7 Å². The minimum atomic E-state index is -0.477. The Balaban J connectivity index is 1.24. The number of hydrogen-bond acceptors (Lipinski definition) is 7. The van der Waals surface area contributed by atoms with E-state index in [4.69, 9.17) is 14.7 Å². The Morgan fingerprint density at radius 3 is 2.83 bits per heavy atom. The lowest BCUT2D eigenvalue weighted by Crippen LogP contribution is -2.54. The number of aromatic nitrogens is 3. The molecule has 1 fully saturated rings. The molecular formula is C26H37N7O2. The molecule has 0 spiro atoms. The first-order valence-electron chi connectivity index (χ1n) is 12.6. The summed E-state index contributed by atoms with van der Waals surface area (Å²) in [6.07, 6.45) is 11.2. The minimum absolute atomic E-state index is 0.0144. The largest absolute Gasteiger partial charge is 0.444 e. The first-order chi connectivity index (χ1) is 16.8. The van der Waals surface area contributed by atoms with E-state index in [2.05, 4.69) is 39.0 Å². The molecule has 1 saturated heterocycles. The Bertz CT molecular complexity index is 1080. The van der Waals surface area contributed by atoms with Gasteiger partial charge in [0, 0.05) is 51.3 Å². The number of imidazole rings is 1. The number of rotatable bonds is 4. The summed E-state index contributed by atoms with van der Waals surface area (Å²) in [5, 5.41) is 3.48. The van der Waals surface area contributed by atoms with Gasteiger partial charge < -0.3 is 15.0 Å². The monoisotopic (exact) mass is 479 g/mol. The Morgan fingerprint density at radius 1 is 1.26 bits per heavy atom. The highest BCUT2D eigenvalue weighted by atomic mass is 16.6. The number of nitrogens with zero attached hydrogens (tertiary/aromatic N) is 6. The van der Waals surface area contributed by atoms with Gasteiger partial charge in [0.25, 0.3) is 0 Å². The van der Waals surface area contributed by atoms with E-state index < -0.39 is 5.60 Å². The quantitative estimate of drug-likeness (QED) is 0.720. The summed E-state index contributed by atoms with van der Waals surface area (Å²) in [5.74, 6) is 0.953. The van der Waals surface area contributed by atoms with Crippen molar-refractivity contribution in [3.63, 3.8) is 0 Å². The van der Waals surface area contributed by atoms with Crippen molar-refractivity contribution in [1.29, 1.82) is 0 Å². The highest BCUT2D eigenvalue weighted by Gasteiger charge is 2.31.